The molecular formula is C16H22N2O2. The molecule has 0 spiro atoms. The first-order chi connectivity index (χ1) is 9.45. The van der Waals surface area contributed by atoms with E-state index >= 15 is 0 Å². The lowest BCUT2D eigenvalue weighted by atomic mass is 9.92. The van der Waals surface area contributed by atoms with Crippen molar-refractivity contribution in [2.75, 3.05) is 6.61 Å². The minimum Gasteiger partial charge on any atom is -0.367 e. The van der Waals surface area contributed by atoms with Gasteiger partial charge in [0.05, 0.1) is 12.7 Å². The predicted octanol–water partition coefficient (Wildman–Crippen LogP) is 2.65. The highest BCUT2D eigenvalue weighted by atomic mass is 16.5. The Kier molecular flexibility index (Phi) is 6.20. The summed E-state index contributed by atoms with van der Waals surface area (Å²) in [5, 5.41) is 11.9. The van der Waals surface area contributed by atoms with Crippen molar-refractivity contribution in [1.29, 1.82) is 5.26 Å². The van der Waals surface area contributed by atoms with Crippen molar-refractivity contribution in [3.63, 3.8) is 0 Å². The van der Waals surface area contributed by atoms with E-state index in [0.717, 1.165) is 5.56 Å². The van der Waals surface area contributed by atoms with Crippen LogP contribution in [0.25, 0.3) is 0 Å². The third kappa shape index (κ3) is 5.85. The van der Waals surface area contributed by atoms with Gasteiger partial charge in [0.25, 0.3) is 0 Å². The minimum absolute atomic E-state index is 0.0374. The van der Waals surface area contributed by atoms with Crippen molar-refractivity contribution in [2.45, 2.75) is 39.3 Å². The van der Waals surface area contributed by atoms with E-state index in [9.17, 15) is 10.1 Å². The summed E-state index contributed by atoms with van der Waals surface area (Å²) in [6, 6.07) is 11.8. The van der Waals surface area contributed by atoms with E-state index in [1.165, 1.54) is 0 Å². The zero-order valence-electron chi connectivity index (χ0n) is 12.3. The second kappa shape index (κ2) is 7.66. The van der Waals surface area contributed by atoms with E-state index in [-0.39, 0.29) is 12.5 Å². The van der Waals surface area contributed by atoms with E-state index in [2.05, 4.69) is 11.4 Å². The van der Waals surface area contributed by atoms with Gasteiger partial charge in [-0.25, -0.2) is 0 Å². The molecule has 0 aliphatic heterocycles. The number of nitrogens with one attached hydrogen (secondary N) is 1. The molecule has 0 aromatic heterocycles. The molecular weight excluding hydrogens is 252 g/mol. The first kappa shape index (κ1) is 16.2. The largest absolute Gasteiger partial charge is 0.367 e. The molecule has 108 valence electrons. The van der Waals surface area contributed by atoms with Crippen LogP contribution < -0.4 is 5.32 Å². The topological polar surface area (TPSA) is 62.1 Å². The van der Waals surface area contributed by atoms with Crippen LogP contribution in [0.3, 0.4) is 0 Å². The maximum atomic E-state index is 11.8. The molecule has 0 fully saturated rings. The van der Waals surface area contributed by atoms with Crippen LogP contribution in [-0.4, -0.2) is 18.1 Å². The van der Waals surface area contributed by atoms with Crippen molar-refractivity contribution in [2.24, 2.45) is 5.92 Å². The van der Waals surface area contributed by atoms with Crippen LogP contribution in [0.15, 0.2) is 30.3 Å². The Balaban J connectivity index is 2.38. The van der Waals surface area contributed by atoms with E-state index < -0.39 is 5.54 Å². The number of hydrogen-bond donors (Lipinski definition) is 1. The summed E-state index contributed by atoms with van der Waals surface area (Å²) in [5.41, 5.74) is 0.187. The van der Waals surface area contributed by atoms with Crippen LogP contribution in [0.1, 0.15) is 32.8 Å². The number of benzene rings is 1. The molecule has 0 aliphatic rings. The normalized spacial score (nSPS) is 13.6. The SMILES string of the molecule is CC(C)C[C@](C)(C#N)NC(=O)COCc1ccccc1. The lowest BCUT2D eigenvalue weighted by Gasteiger charge is -2.25. The maximum absolute atomic E-state index is 11.8. The molecule has 0 radical (unpaired) electrons. The summed E-state index contributed by atoms with van der Waals surface area (Å²) in [6.45, 7) is 6.13. The molecule has 0 bridgehead atoms. The summed E-state index contributed by atoms with van der Waals surface area (Å²) in [4.78, 5) is 11.8. The maximum Gasteiger partial charge on any atom is 0.247 e. The van der Waals surface area contributed by atoms with Gasteiger partial charge in [0.1, 0.15) is 12.1 Å². The molecule has 0 unspecified atom stereocenters. The average Bonchev–Trinajstić information content (AvgIpc) is 2.39. The summed E-state index contributed by atoms with van der Waals surface area (Å²) >= 11 is 0. The molecule has 20 heavy (non-hydrogen) atoms. The number of carbonyl (C=O) groups is 1. The molecule has 4 heteroatoms. The Hall–Kier alpha value is -1.86. The highest BCUT2D eigenvalue weighted by molar-refractivity contribution is 5.78. The Bertz CT molecular complexity index is 465. The number of rotatable bonds is 7. The van der Waals surface area contributed by atoms with Crippen molar-refractivity contribution >= 4 is 5.91 Å². The number of amides is 1. The fourth-order valence-electron chi connectivity index (χ4n) is 2.12. The molecule has 1 N–H and O–H groups in total. The summed E-state index contributed by atoms with van der Waals surface area (Å²) in [5.74, 6) is 0.0795. The second-order valence-corrected chi connectivity index (χ2v) is 5.57. The van der Waals surface area contributed by atoms with E-state index in [0.29, 0.717) is 18.9 Å². The van der Waals surface area contributed by atoms with Crippen LogP contribution in [-0.2, 0) is 16.1 Å². The van der Waals surface area contributed by atoms with Crippen LogP contribution in [0.2, 0.25) is 0 Å². The molecule has 1 aromatic rings. The highest BCUT2D eigenvalue weighted by Crippen LogP contribution is 2.15. The van der Waals surface area contributed by atoms with Crippen molar-refractivity contribution < 1.29 is 9.53 Å². The zero-order chi connectivity index (χ0) is 15.0. The van der Waals surface area contributed by atoms with E-state index in [1.807, 2.05) is 44.2 Å². The molecule has 1 amide bonds. The van der Waals surface area contributed by atoms with Crippen molar-refractivity contribution in [3.8, 4) is 6.07 Å². The average molecular weight is 274 g/mol. The second-order valence-electron chi connectivity index (χ2n) is 5.57. The molecule has 1 rings (SSSR count). The minimum atomic E-state index is -0.832. The van der Waals surface area contributed by atoms with Gasteiger partial charge in [-0.1, -0.05) is 44.2 Å². The molecule has 0 aliphatic carbocycles. The van der Waals surface area contributed by atoms with Crippen LogP contribution in [0.5, 0.6) is 0 Å². The molecule has 1 aromatic carbocycles. The lowest BCUT2D eigenvalue weighted by molar-refractivity contribution is -0.127. The van der Waals surface area contributed by atoms with Gasteiger partial charge in [-0.3, -0.25) is 4.79 Å². The number of nitriles is 1. The van der Waals surface area contributed by atoms with Crippen LogP contribution >= 0.6 is 0 Å². The van der Waals surface area contributed by atoms with Gasteiger partial charge in [0, 0.05) is 0 Å². The smallest absolute Gasteiger partial charge is 0.247 e. The van der Waals surface area contributed by atoms with Crippen LogP contribution in [0.4, 0.5) is 0 Å². The monoisotopic (exact) mass is 274 g/mol. The van der Waals surface area contributed by atoms with Gasteiger partial charge in [-0.2, -0.15) is 5.26 Å². The molecule has 0 heterocycles. The summed E-state index contributed by atoms with van der Waals surface area (Å²) in [6.07, 6.45) is 0.619. The van der Waals surface area contributed by atoms with E-state index in [4.69, 9.17) is 4.74 Å². The van der Waals surface area contributed by atoms with Crippen LogP contribution in [0, 0.1) is 17.2 Å². The Labute approximate surface area is 120 Å². The Morgan fingerprint density at radius 2 is 2.05 bits per heavy atom. The zero-order valence-corrected chi connectivity index (χ0v) is 12.3. The van der Waals surface area contributed by atoms with Crippen molar-refractivity contribution in [1.82, 2.24) is 5.32 Å². The molecule has 0 saturated carbocycles. The number of carbonyl (C=O) groups excluding carboxylic acids is 1. The number of hydrogen-bond acceptors (Lipinski definition) is 3. The highest BCUT2D eigenvalue weighted by Gasteiger charge is 2.26. The van der Waals surface area contributed by atoms with Gasteiger partial charge >= 0.3 is 0 Å². The van der Waals surface area contributed by atoms with Gasteiger partial charge in [-0.15, -0.1) is 0 Å². The van der Waals surface area contributed by atoms with Gasteiger partial charge in [0.2, 0.25) is 5.91 Å². The third-order valence-electron chi connectivity index (χ3n) is 2.82. The summed E-state index contributed by atoms with van der Waals surface area (Å²) < 4.78 is 5.36. The number of nitrogens with zero attached hydrogens (tertiary/aromatic N) is 1. The first-order valence-electron chi connectivity index (χ1n) is 6.79. The first-order valence-corrected chi connectivity index (χ1v) is 6.79. The fraction of sp³-hybridized carbons (Fsp3) is 0.500. The fourth-order valence-corrected chi connectivity index (χ4v) is 2.12. The third-order valence-corrected chi connectivity index (χ3v) is 2.82. The van der Waals surface area contributed by atoms with Crippen molar-refractivity contribution in [3.05, 3.63) is 35.9 Å². The Morgan fingerprint density at radius 3 is 2.60 bits per heavy atom. The van der Waals surface area contributed by atoms with Gasteiger partial charge in [0.15, 0.2) is 0 Å². The Morgan fingerprint density at radius 1 is 1.40 bits per heavy atom. The molecule has 1 atom stereocenters. The predicted molar refractivity (Wildman–Crippen MR) is 77.7 cm³/mol. The van der Waals surface area contributed by atoms with Gasteiger partial charge in [-0.05, 0) is 24.8 Å². The molecule has 4 nitrogen and oxygen atoms in total. The summed E-state index contributed by atoms with van der Waals surface area (Å²) in [7, 11) is 0. The quantitative estimate of drug-likeness (QED) is 0.831. The number of ether oxygens (including phenoxy) is 1. The molecule has 0 saturated heterocycles. The standard InChI is InChI=1S/C16H22N2O2/c1-13(2)9-16(3,12-17)18-15(19)11-20-10-14-7-5-4-6-8-14/h4-8,13H,9-11H2,1-3H3,(H,18,19)/t16-/m1/s1. The lowest BCUT2D eigenvalue weighted by Crippen LogP contribution is -2.47. The van der Waals surface area contributed by atoms with E-state index in [1.54, 1.807) is 6.92 Å². The van der Waals surface area contributed by atoms with Gasteiger partial charge < -0.3 is 10.1 Å².